The lowest BCUT2D eigenvalue weighted by Crippen LogP contribution is -2.20. The van der Waals surface area contributed by atoms with E-state index in [1.54, 1.807) is 30.5 Å². The molecule has 8 heteroatoms. The van der Waals surface area contributed by atoms with Crippen LogP contribution in [0.3, 0.4) is 0 Å². The van der Waals surface area contributed by atoms with Gasteiger partial charge in [0.25, 0.3) is 0 Å². The van der Waals surface area contributed by atoms with Crippen molar-refractivity contribution in [1.29, 1.82) is 0 Å². The van der Waals surface area contributed by atoms with Crippen LogP contribution in [0.4, 0.5) is 0 Å². The van der Waals surface area contributed by atoms with Crippen molar-refractivity contribution in [3.63, 3.8) is 0 Å². The van der Waals surface area contributed by atoms with Gasteiger partial charge in [-0.25, -0.2) is 4.79 Å². The smallest absolute Gasteiger partial charge is 0.344 e. The van der Waals surface area contributed by atoms with Crippen LogP contribution in [0, 0.1) is 13.8 Å². The summed E-state index contributed by atoms with van der Waals surface area (Å²) in [5, 5.41) is 0.544. The first kappa shape index (κ1) is 21.2. The topological polar surface area (TPSA) is 70.7 Å². The van der Waals surface area contributed by atoms with Gasteiger partial charge in [-0.15, -0.1) is 0 Å². The van der Waals surface area contributed by atoms with Crippen molar-refractivity contribution in [2.75, 3.05) is 13.2 Å². The highest BCUT2D eigenvalue weighted by molar-refractivity contribution is 9.10. The summed E-state index contributed by atoms with van der Waals surface area (Å²) in [4.78, 5) is 24.5. The number of hydrogen-bond acceptors (Lipinski definition) is 5. The standard InChI is InChI=1S/C21H19BrClNO5/c1-13-8-17(14(2)24(13)10-16-4-3-7-27-16)19(25)11-29-21(26)12-28-20-6-5-15(23)9-18(20)22/h3-9H,10-12H2,1-2H3. The van der Waals surface area contributed by atoms with E-state index < -0.39 is 5.97 Å². The molecule has 2 aromatic heterocycles. The average molecular weight is 481 g/mol. The Kier molecular flexibility index (Phi) is 6.82. The Morgan fingerprint density at radius 1 is 1.17 bits per heavy atom. The van der Waals surface area contributed by atoms with Crippen LogP contribution in [0.5, 0.6) is 5.75 Å². The van der Waals surface area contributed by atoms with Gasteiger partial charge in [0.2, 0.25) is 5.78 Å². The molecule has 0 aliphatic heterocycles. The van der Waals surface area contributed by atoms with Gasteiger partial charge in [0.15, 0.2) is 13.2 Å². The normalized spacial score (nSPS) is 10.8. The lowest BCUT2D eigenvalue weighted by Gasteiger charge is -2.09. The SMILES string of the molecule is Cc1cc(C(=O)COC(=O)COc2ccc(Cl)cc2Br)c(C)n1Cc1ccco1. The third kappa shape index (κ3) is 5.31. The van der Waals surface area contributed by atoms with Gasteiger partial charge in [-0.1, -0.05) is 11.6 Å². The van der Waals surface area contributed by atoms with E-state index in [-0.39, 0.29) is 19.0 Å². The molecule has 0 saturated carbocycles. The molecule has 3 aromatic rings. The first-order valence-corrected chi connectivity index (χ1v) is 9.98. The van der Waals surface area contributed by atoms with Gasteiger partial charge >= 0.3 is 5.97 Å². The Bertz CT molecular complexity index is 1030. The second kappa shape index (κ2) is 9.33. The quantitative estimate of drug-likeness (QED) is 0.336. The van der Waals surface area contributed by atoms with Gasteiger partial charge in [0.1, 0.15) is 11.5 Å². The lowest BCUT2D eigenvalue weighted by molar-refractivity contribution is -0.144. The molecule has 0 saturated heterocycles. The number of esters is 1. The highest BCUT2D eigenvalue weighted by atomic mass is 79.9. The van der Waals surface area contributed by atoms with Crippen molar-refractivity contribution >= 4 is 39.3 Å². The number of benzene rings is 1. The van der Waals surface area contributed by atoms with Crippen LogP contribution >= 0.6 is 27.5 Å². The number of furan rings is 1. The predicted octanol–water partition coefficient (Wildman–Crippen LogP) is 4.97. The zero-order valence-electron chi connectivity index (χ0n) is 15.9. The van der Waals surface area contributed by atoms with Gasteiger partial charge in [0.05, 0.1) is 17.3 Å². The molecule has 2 heterocycles. The van der Waals surface area contributed by atoms with Crippen LogP contribution in [-0.2, 0) is 16.1 Å². The van der Waals surface area contributed by atoms with E-state index in [1.807, 2.05) is 30.5 Å². The summed E-state index contributed by atoms with van der Waals surface area (Å²) in [6.45, 7) is 3.63. The van der Waals surface area contributed by atoms with Gasteiger partial charge in [-0.05, 0) is 66.2 Å². The summed E-state index contributed by atoms with van der Waals surface area (Å²) in [5.41, 5.74) is 2.23. The molecule has 0 spiro atoms. The summed E-state index contributed by atoms with van der Waals surface area (Å²) in [7, 11) is 0. The summed E-state index contributed by atoms with van der Waals surface area (Å²) < 4.78 is 18.4. The second-order valence-corrected chi connectivity index (χ2v) is 7.69. The molecule has 152 valence electrons. The predicted molar refractivity (Wildman–Crippen MR) is 112 cm³/mol. The van der Waals surface area contributed by atoms with Crippen LogP contribution in [0.15, 0.2) is 51.6 Å². The Hall–Kier alpha value is -2.51. The largest absolute Gasteiger partial charge is 0.481 e. The first-order chi connectivity index (χ1) is 13.8. The molecule has 29 heavy (non-hydrogen) atoms. The Balaban J connectivity index is 1.55. The van der Waals surface area contributed by atoms with E-state index >= 15 is 0 Å². The molecule has 0 bridgehead atoms. The summed E-state index contributed by atoms with van der Waals surface area (Å²) in [6, 6.07) is 10.4. The molecule has 3 rings (SSSR count). The molecule has 6 nitrogen and oxygen atoms in total. The molecule has 0 unspecified atom stereocenters. The number of ketones is 1. The fourth-order valence-electron chi connectivity index (χ4n) is 2.88. The van der Waals surface area contributed by atoms with Gasteiger partial charge in [0, 0.05) is 22.0 Å². The second-order valence-electron chi connectivity index (χ2n) is 6.40. The number of carbonyl (C=O) groups is 2. The Morgan fingerprint density at radius 3 is 2.66 bits per heavy atom. The zero-order valence-corrected chi connectivity index (χ0v) is 18.2. The van der Waals surface area contributed by atoms with Crippen molar-refractivity contribution in [1.82, 2.24) is 4.57 Å². The fraction of sp³-hybridized carbons (Fsp3) is 0.238. The average Bonchev–Trinajstić information content (AvgIpc) is 3.29. The maximum absolute atomic E-state index is 12.5. The molecule has 0 amide bonds. The number of aryl methyl sites for hydroxylation is 1. The minimum absolute atomic E-state index is 0.273. The van der Waals surface area contributed by atoms with E-state index in [9.17, 15) is 9.59 Å². The summed E-state index contributed by atoms with van der Waals surface area (Å²) in [5.74, 6) is 0.344. The molecule has 1 aromatic carbocycles. The van der Waals surface area contributed by atoms with Crippen LogP contribution in [0.2, 0.25) is 5.02 Å². The molecule has 0 atom stereocenters. The van der Waals surface area contributed by atoms with Gasteiger partial charge in [-0.2, -0.15) is 0 Å². The number of carbonyl (C=O) groups excluding carboxylic acids is 2. The van der Waals surface area contributed by atoms with Crippen LogP contribution in [-0.4, -0.2) is 29.5 Å². The number of halogens is 2. The monoisotopic (exact) mass is 479 g/mol. The zero-order chi connectivity index (χ0) is 21.0. The van der Waals surface area contributed by atoms with Crippen molar-refractivity contribution in [2.45, 2.75) is 20.4 Å². The highest BCUT2D eigenvalue weighted by Crippen LogP contribution is 2.28. The minimum atomic E-state index is -0.635. The van der Waals surface area contributed by atoms with Crippen molar-refractivity contribution < 1.29 is 23.5 Å². The number of Topliss-reactive ketones (excluding diaryl/α,β-unsaturated/α-hetero) is 1. The lowest BCUT2D eigenvalue weighted by atomic mass is 10.1. The van der Waals surface area contributed by atoms with E-state index in [1.165, 1.54) is 0 Å². The fourth-order valence-corrected chi connectivity index (χ4v) is 3.68. The third-order valence-corrected chi connectivity index (χ3v) is 5.23. The molecule has 0 fully saturated rings. The van der Waals surface area contributed by atoms with Crippen LogP contribution in [0.1, 0.15) is 27.5 Å². The van der Waals surface area contributed by atoms with E-state index in [4.69, 9.17) is 25.5 Å². The number of nitrogens with zero attached hydrogens (tertiary/aromatic N) is 1. The van der Waals surface area contributed by atoms with Gasteiger partial charge < -0.3 is 18.5 Å². The van der Waals surface area contributed by atoms with Crippen molar-refractivity contribution in [3.8, 4) is 5.75 Å². The Morgan fingerprint density at radius 2 is 1.97 bits per heavy atom. The van der Waals surface area contributed by atoms with Gasteiger partial charge in [-0.3, -0.25) is 4.79 Å². The van der Waals surface area contributed by atoms with Crippen molar-refractivity contribution in [2.24, 2.45) is 0 Å². The molecular weight excluding hydrogens is 462 g/mol. The van der Waals surface area contributed by atoms with Crippen LogP contribution in [0.25, 0.3) is 0 Å². The summed E-state index contributed by atoms with van der Waals surface area (Å²) in [6.07, 6.45) is 1.61. The maximum Gasteiger partial charge on any atom is 0.344 e. The van der Waals surface area contributed by atoms with Crippen LogP contribution < -0.4 is 4.74 Å². The van der Waals surface area contributed by atoms with E-state index in [0.717, 1.165) is 17.1 Å². The Labute approximate surface area is 181 Å². The van der Waals surface area contributed by atoms with E-state index in [2.05, 4.69) is 15.9 Å². The van der Waals surface area contributed by atoms with E-state index in [0.29, 0.717) is 27.4 Å². The number of hydrogen-bond donors (Lipinski definition) is 0. The number of ether oxygens (including phenoxy) is 2. The maximum atomic E-state index is 12.5. The molecule has 0 aliphatic carbocycles. The highest BCUT2D eigenvalue weighted by Gasteiger charge is 2.18. The van der Waals surface area contributed by atoms with Crippen molar-refractivity contribution in [3.05, 3.63) is 74.9 Å². The molecular formula is C21H19BrClNO5. The number of rotatable bonds is 8. The summed E-state index contributed by atoms with van der Waals surface area (Å²) >= 11 is 9.17. The minimum Gasteiger partial charge on any atom is -0.481 e. The first-order valence-electron chi connectivity index (χ1n) is 8.81. The molecule has 0 aliphatic rings. The molecule has 0 radical (unpaired) electrons. The third-order valence-electron chi connectivity index (χ3n) is 4.37. The molecule has 0 N–H and O–H groups in total. The number of aromatic nitrogens is 1.